The van der Waals surface area contributed by atoms with Crippen LogP contribution < -0.4 is 4.72 Å². The third-order valence-electron chi connectivity index (χ3n) is 2.83. The molecule has 0 aliphatic heterocycles. The fraction of sp³-hybridized carbons (Fsp3) is 0.231. The number of aliphatic carboxylic acids is 1. The quantitative estimate of drug-likeness (QED) is 0.838. The largest absolute Gasteiger partial charge is 0.480 e. The molecule has 8 heteroatoms. The number of aromatic nitrogens is 2. The average Bonchev–Trinajstić information content (AvgIpc) is 2.88. The van der Waals surface area contributed by atoms with Crippen molar-refractivity contribution in [1.82, 2.24) is 9.78 Å². The lowest BCUT2D eigenvalue weighted by atomic mass is 10.2. The number of rotatable bonds is 6. The Bertz CT molecular complexity index is 735. The monoisotopic (exact) mass is 309 g/mol. The molecule has 0 fully saturated rings. The van der Waals surface area contributed by atoms with Crippen LogP contribution >= 0.6 is 0 Å². The molecule has 0 radical (unpaired) electrons. The Morgan fingerprint density at radius 1 is 1.33 bits per heavy atom. The zero-order valence-electron chi connectivity index (χ0n) is 11.4. The van der Waals surface area contributed by atoms with Gasteiger partial charge in [-0.15, -0.1) is 0 Å². The highest BCUT2D eigenvalue weighted by Crippen LogP contribution is 2.16. The smallest absolute Gasteiger partial charge is 0.325 e. The van der Waals surface area contributed by atoms with Gasteiger partial charge in [-0.25, -0.2) is 8.42 Å². The van der Waals surface area contributed by atoms with Crippen LogP contribution in [-0.2, 0) is 27.8 Å². The second-order valence-corrected chi connectivity index (χ2v) is 6.11. The van der Waals surface area contributed by atoms with E-state index in [-0.39, 0.29) is 11.4 Å². The highest BCUT2D eigenvalue weighted by Gasteiger charge is 2.17. The number of anilines is 1. The average molecular weight is 309 g/mol. The molecule has 0 saturated heterocycles. The summed E-state index contributed by atoms with van der Waals surface area (Å²) in [6.45, 7) is 1.62. The maximum Gasteiger partial charge on any atom is 0.325 e. The van der Waals surface area contributed by atoms with Crippen LogP contribution in [-0.4, -0.2) is 29.3 Å². The van der Waals surface area contributed by atoms with Crippen LogP contribution in [0.25, 0.3) is 0 Å². The van der Waals surface area contributed by atoms with Crippen molar-refractivity contribution in [3.8, 4) is 0 Å². The summed E-state index contributed by atoms with van der Waals surface area (Å²) in [6.07, 6.45) is 3.16. The number of aryl methyl sites for hydroxylation is 1. The van der Waals surface area contributed by atoms with Crippen LogP contribution in [0, 0.1) is 0 Å². The summed E-state index contributed by atoms with van der Waals surface area (Å²) in [5.74, 6) is -1.09. The molecule has 0 aliphatic carbocycles. The highest BCUT2D eigenvalue weighted by atomic mass is 32.2. The summed E-state index contributed by atoms with van der Waals surface area (Å²) in [7, 11) is -3.77. The van der Waals surface area contributed by atoms with E-state index in [2.05, 4.69) is 9.82 Å². The van der Waals surface area contributed by atoms with Gasteiger partial charge in [0.2, 0.25) is 0 Å². The van der Waals surface area contributed by atoms with E-state index in [0.717, 1.165) is 22.9 Å². The molecule has 0 saturated carbocycles. The molecule has 0 amide bonds. The summed E-state index contributed by atoms with van der Waals surface area (Å²) in [5, 5.41) is 12.3. The summed E-state index contributed by atoms with van der Waals surface area (Å²) in [6, 6.07) is 7.04. The first-order chi connectivity index (χ1) is 9.90. The third-order valence-corrected chi connectivity index (χ3v) is 4.17. The number of carboxylic acid groups (broad SMARTS) is 1. The second-order valence-electron chi connectivity index (χ2n) is 4.42. The molecule has 0 aliphatic rings. The molecule has 2 rings (SSSR count). The zero-order chi connectivity index (χ0) is 15.5. The predicted octanol–water partition coefficient (Wildman–Crippen LogP) is 1.33. The zero-order valence-corrected chi connectivity index (χ0v) is 12.2. The molecule has 0 bridgehead atoms. The van der Waals surface area contributed by atoms with Gasteiger partial charge in [-0.1, -0.05) is 19.1 Å². The molecule has 1 heterocycles. The minimum atomic E-state index is -3.77. The SMILES string of the molecule is CCc1ccc(NS(=O)(=O)c2cnn(CC(=O)O)c2)cc1. The molecule has 7 nitrogen and oxygen atoms in total. The van der Waals surface area contributed by atoms with E-state index in [0.29, 0.717) is 5.69 Å². The van der Waals surface area contributed by atoms with E-state index in [9.17, 15) is 13.2 Å². The topological polar surface area (TPSA) is 101 Å². The van der Waals surface area contributed by atoms with Gasteiger partial charge in [0.15, 0.2) is 0 Å². The van der Waals surface area contributed by atoms with Crippen LogP contribution in [0.1, 0.15) is 12.5 Å². The standard InChI is InChI=1S/C13H15N3O4S/c1-2-10-3-5-11(6-4-10)15-21(19,20)12-7-14-16(8-12)9-13(17)18/h3-8,15H,2,9H2,1H3,(H,17,18). The van der Waals surface area contributed by atoms with Crippen molar-refractivity contribution in [1.29, 1.82) is 0 Å². The van der Waals surface area contributed by atoms with Gasteiger partial charge < -0.3 is 5.11 Å². The van der Waals surface area contributed by atoms with Gasteiger partial charge in [0.1, 0.15) is 11.4 Å². The Hall–Kier alpha value is -2.35. The minimum Gasteiger partial charge on any atom is -0.480 e. The number of nitrogens with zero attached hydrogens (tertiary/aromatic N) is 2. The number of nitrogens with one attached hydrogen (secondary N) is 1. The van der Waals surface area contributed by atoms with E-state index in [1.165, 1.54) is 6.20 Å². The lowest BCUT2D eigenvalue weighted by Crippen LogP contribution is -2.13. The number of hydrogen-bond acceptors (Lipinski definition) is 4. The fourth-order valence-corrected chi connectivity index (χ4v) is 2.74. The third kappa shape index (κ3) is 3.82. The molecular formula is C13H15N3O4S. The van der Waals surface area contributed by atoms with Gasteiger partial charge in [0.25, 0.3) is 10.0 Å². The van der Waals surface area contributed by atoms with Crippen LogP contribution in [0.4, 0.5) is 5.69 Å². The highest BCUT2D eigenvalue weighted by molar-refractivity contribution is 7.92. The number of carboxylic acids is 1. The van der Waals surface area contributed by atoms with Crippen molar-refractivity contribution in [3.05, 3.63) is 42.2 Å². The maximum absolute atomic E-state index is 12.1. The molecule has 2 aromatic rings. The Morgan fingerprint density at radius 2 is 2.00 bits per heavy atom. The second kappa shape index (κ2) is 5.96. The van der Waals surface area contributed by atoms with Crippen molar-refractivity contribution in [3.63, 3.8) is 0 Å². The Kier molecular flexibility index (Phi) is 4.27. The Labute approximate surface area is 122 Å². The first kappa shape index (κ1) is 15.0. The van der Waals surface area contributed by atoms with E-state index in [1.807, 2.05) is 19.1 Å². The van der Waals surface area contributed by atoms with E-state index >= 15 is 0 Å². The number of hydrogen-bond donors (Lipinski definition) is 2. The molecule has 0 unspecified atom stereocenters. The van der Waals surface area contributed by atoms with Gasteiger partial charge in [-0.05, 0) is 24.1 Å². The van der Waals surface area contributed by atoms with E-state index in [4.69, 9.17) is 5.11 Å². The van der Waals surface area contributed by atoms with Crippen LogP contribution in [0.15, 0.2) is 41.6 Å². The predicted molar refractivity (Wildman–Crippen MR) is 76.5 cm³/mol. The summed E-state index contributed by atoms with van der Waals surface area (Å²) in [5.41, 5.74) is 1.55. The normalized spacial score (nSPS) is 11.3. The molecule has 112 valence electrons. The van der Waals surface area contributed by atoms with Crippen LogP contribution in [0.2, 0.25) is 0 Å². The van der Waals surface area contributed by atoms with Crippen LogP contribution in [0.3, 0.4) is 0 Å². The maximum atomic E-state index is 12.1. The molecule has 21 heavy (non-hydrogen) atoms. The van der Waals surface area contributed by atoms with E-state index < -0.39 is 16.0 Å². The number of carbonyl (C=O) groups is 1. The minimum absolute atomic E-state index is 0.0803. The summed E-state index contributed by atoms with van der Waals surface area (Å²) < 4.78 is 27.8. The Balaban J connectivity index is 2.17. The van der Waals surface area contributed by atoms with Gasteiger partial charge in [0, 0.05) is 11.9 Å². The number of sulfonamides is 1. The summed E-state index contributed by atoms with van der Waals surface area (Å²) >= 11 is 0. The van der Waals surface area contributed by atoms with Gasteiger partial charge in [0.05, 0.1) is 6.20 Å². The molecule has 2 N–H and O–H groups in total. The van der Waals surface area contributed by atoms with Crippen molar-refractivity contribution in [2.24, 2.45) is 0 Å². The first-order valence-corrected chi connectivity index (χ1v) is 7.75. The van der Waals surface area contributed by atoms with E-state index in [1.54, 1.807) is 12.1 Å². The van der Waals surface area contributed by atoms with Gasteiger partial charge in [-0.3, -0.25) is 14.2 Å². The lowest BCUT2D eigenvalue weighted by Gasteiger charge is -2.06. The van der Waals surface area contributed by atoms with Crippen molar-refractivity contribution >= 4 is 21.7 Å². The fourth-order valence-electron chi connectivity index (χ4n) is 1.73. The van der Waals surface area contributed by atoms with Crippen LogP contribution in [0.5, 0.6) is 0 Å². The molecular weight excluding hydrogens is 294 g/mol. The Morgan fingerprint density at radius 3 is 2.57 bits per heavy atom. The molecule has 1 aromatic heterocycles. The molecule has 0 atom stereocenters. The lowest BCUT2D eigenvalue weighted by molar-refractivity contribution is -0.137. The molecule has 0 spiro atoms. The van der Waals surface area contributed by atoms with Gasteiger partial charge >= 0.3 is 5.97 Å². The van der Waals surface area contributed by atoms with Crippen molar-refractivity contribution in [2.45, 2.75) is 24.8 Å². The van der Waals surface area contributed by atoms with Gasteiger partial charge in [-0.2, -0.15) is 5.10 Å². The number of benzene rings is 1. The van der Waals surface area contributed by atoms with Crippen molar-refractivity contribution < 1.29 is 18.3 Å². The molecule has 1 aromatic carbocycles. The summed E-state index contributed by atoms with van der Waals surface area (Å²) in [4.78, 5) is 10.5. The first-order valence-electron chi connectivity index (χ1n) is 6.26. The van der Waals surface area contributed by atoms with Crippen molar-refractivity contribution in [2.75, 3.05) is 4.72 Å².